The normalized spacial score (nSPS) is 39.7. The number of unbranched alkanes of at least 4 members (excludes halogenated alkanes) is 1. The summed E-state index contributed by atoms with van der Waals surface area (Å²) >= 11 is 0. The van der Waals surface area contributed by atoms with Gasteiger partial charge >= 0.3 is 0 Å². The summed E-state index contributed by atoms with van der Waals surface area (Å²) in [6, 6.07) is 0.517. The molecule has 0 amide bonds. The lowest BCUT2D eigenvalue weighted by atomic mass is 10.0. The lowest BCUT2D eigenvalue weighted by molar-refractivity contribution is 0.302. The summed E-state index contributed by atoms with van der Waals surface area (Å²) in [5.41, 5.74) is 5.95. The molecule has 0 aromatic heterocycles. The fourth-order valence-electron chi connectivity index (χ4n) is 3.01. The van der Waals surface area contributed by atoms with E-state index < -0.39 is 0 Å². The predicted octanol–water partition coefficient (Wildman–Crippen LogP) is 1.46. The minimum Gasteiger partial charge on any atom is -0.328 e. The molecule has 0 bridgehead atoms. The van der Waals surface area contributed by atoms with E-state index in [0.717, 1.165) is 11.8 Å². The van der Waals surface area contributed by atoms with E-state index in [0.29, 0.717) is 6.04 Å². The topological polar surface area (TPSA) is 29.3 Å². The molecule has 0 unspecified atom stereocenters. The Hall–Kier alpha value is -0.0800. The van der Waals surface area contributed by atoms with Crippen molar-refractivity contribution in [1.29, 1.82) is 0 Å². The predicted molar refractivity (Wildman–Crippen MR) is 55.5 cm³/mol. The van der Waals surface area contributed by atoms with Gasteiger partial charge in [0, 0.05) is 19.1 Å². The van der Waals surface area contributed by atoms with Gasteiger partial charge in [0.15, 0.2) is 0 Å². The molecular weight excluding hydrogens is 160 g/mol. The molecule has 0 spiro atoms. The van der Waals surface area contributed by atoms with E-state index in [2.05, 4.69) is 11.8 Å². The van der Waals surface area contributed by atoms with Gasteiger partial charge in [0.05, 0.1) is 0 Å². The Labute approximate surface area is 81.5 Å². The molecule has 1 aliphatic heterocycles. The first kappa shape index (κ1) is 9.47. The van der Waals surface area contributed by atoms with Gasteiger partial charge in [-0.15, -0.1) is 0 Å². The quantitative estimate of drug-likeness (QED) is 0.716. The number of nitrogens with zero attached hydrogens (tertiary/aromatic N) is 1. The third-order valence-corrected chi connectivity index (χ3v) is 3.69. The molecular formula is C11H22N2. The Morgan fingerprint density at radius 1 is 1.23 bits per heavy atom. The first-order valence-electron chi connectivity index (χ1n) is 5.77. The van der Waals surface area contributed by atoms with E-state index in [1.54, 1.807) is 0 Å². The van der Waals surface area contributed by atoms with Crippen molar-refractivity contribution in [2.24, 2.45) is 17.6 Å². The molecule has 2 fully saturated rings. The van der Waals surface area contributed by atoms with Crippen molar-refractivity contribution in [3.05, 3.63) is 0 Å². The zero-order chi connectivity index (χ0) is 9.26. The molecule has 2 N–H and O–H groups in total. The molecule has 3 atom stereocenters. The molecule has 2 aliphatic rings. The fraction of sp³-hybridized carbons (Fsp3) is 1.00. The van der Waals surface area contributed by atoms with Crippen LogP contribution in [0.4, 0.5) is 0 Å². The molecule has 1 heterocycles. The number of likely N-dealkylation sites (tertiary alicyclic amines) is 1. The van der Waals surface area contributed by atoms with E-state index >= 15 is 0 Å². The van der Waals surface area contributed by atoms with Gasteiger partial charge in [0.25, 0.3) is 0 Å². The van der Waals surface area contributed by atoms with Crippen LogP contribution in [0.25, 0.3) is 0 Å². The summed E-state index contributed by atoms with van der Waals surface area (Å²) in [4.78, 5) is 2.64. The number of hydrogen-bond donors (Lipinski definition) is 1. The maximum Gasteiger partial charge on any atom is 0.00452 e. The maximum absolute atomic E-state index is 5.95. The summed E-state index contributed by atoms with van der Waals surface area (Å²) in [7, 11) is 0. The average molecular weight is 182 g/mol. The molecule has 1 saturated heterocycles. The number of rotatable bonds is 3. The van der Waals surface area contributed by atoms with Crippen LogP contribution < -0.4 is 5.73 Å². The standard InChI is InChI=1S/C11H22N2/c1-2-3-4-13-7-9-5-11(12)6-10(9)8-13/h9-11H,2-8,12H2,1H3/t9-,10+,11-. The van der Waals surface area contributed by atoms with Crippen molar-refractivity contribution in [3.63, 3.8) is 0 Å². The first-order chi connectivity index (χ1) is 6.29. The van der Waals surface area contributed by atoms with Crippen LogP contribution in [-0.4, -0.2) is 30.6 Å². The summed E-state index contributed by atoms with van der Waals surface area (Å²) in [6.07, 6.45) is 5.26. The second-order valence-electron chi connectivity index (χ2n) is 4.86. The van der Waals surface area contributed by atoms with Crippen molar-refractivity contribution < 1.29 is 0 Å². The lowest BCUT2D eigenvalue weighted by Gasteiger charge is -2.16. The molecule has 76 valence electrons. The Balaban J connectivity index is 1.77. The van der Waals surface area contributed by atoms with Gasteiger partial charge in [-0.05, 0) is 37.6 Å². The summed E-state index contributed by atoms with van der Waals surface area (Å²) in [5.74, 6) is 1.87. The fourth-order valence-corrected chi connectivity index (χ4v) is 3.01. The van der Waals surface area contributed by atoms with Gasteiger partial charge in [-0.3, -0.25) is 0 Å². The van der Waals surface area contributed by atoms with Crippen molar-refractivity contribution in [2.45, 2.75) is 38.6 Å². The van der Waals surface area contributed by atoms with Crippen LogP contribution in [0, 0.1) is 11.8 Å². The average Bonchev–Trinajstić information content (AvgIpc) is 2.57. The summed E-state index contributed by atoms with van der Waals surface area (Å²) in [5, 5.41) is 0. The Bertz CT molecular complexity index is 155. The largest absolute Gasteiger partial charge is 0.328 e. The number of fused-ring (bicyclic) bond motifs is 1. The minimum absolute atomic E-state index is 0.517. The maximum atomic E-state index is 5.95. The second-order valence-corrected chi connectivity index (χ2v) is 4.86. The van der Waals surface area contributed by atoms with Gasteiger partial charge in [-0.2, -0.15) is 0 Å². The molecule has 0 aromatic rings. The van der Waals surface area contributed by atoms with Crippen LogP contribution >= 0.6 is 0 Å². The van der Waals surface area contributed by atoms with Gasteiger partial charge < -0.3 is 10.6 Å². The van der Waals surface area contributed by atoms with E-state index in [4.69, 9.17) is 5.73 Å². The third-order valence-electron chi connectivity index (χ3n) is 3.69. The number of nitrogens with two attached hydrogens (primary N) is 1. The smallest absolute Gasteiger partial charge is 0.00452 e. The van der Waals surface area contributed by atoms with Gasteiger partial charge in [-0.1, -0.05) is 13.3 Å². The van der Waals surface area contributed by atoms with Gasteiger partial charge in [0.1, 0.15) is 0 Å². The molecule has 0 aromatic carbocycles. The van der Waals surface area contributed by atoms with Crippen LogP contribution in [0.1, 0.15) is 32.6 Å². The van der Waals surface area contributed by atoms with Gasteiger partial charge in [-0.25, -0.2) is 0 Å². The lowest BCUT2D eigenvalue weighted by Crippen LogP contribution is -2.26. The molecule has 0 radical (unpaired) electrons. The Morgan fingerprint density at radius 3 is 2.38 bits per heavy atom. The minimum atomic E-state index is 0.517. The van der Waals surface area contributed by atoms with E-state index in [-0.39, 0.29) is 0 Å². The Morgan fingerprint density at radius 2 is 1.85 bits per heavy atom. The van der Waals surface area contributed by atoms with Crippen LogP contribution in [-0.2, 0) is 0 Å². The molecule has 2 nitrogen and oxygen atoms in total. The molecule has 13 heavy (non-hydrogen) atoms. The monoisotopic (exact) mass is 182 g/mol. The SMILES string of the molecule is CCCCN1C[C@H]2C[C@@H](N)C[C@H]2C1. The van der Waals surface area contributed by atoms with E-state index in [9.17, 15) is 0 Å². The number of hydrogen-bond acceptors (Lipinski definition) is 2. The second kappa shape index (κ2) is 3.97. The summed E-state index contributed by atoms with van der Waals surface area (Å²) < 4.78 is 0. The van der Waals surface area contributed by atoms with Crippen LogP contribution in [0.15, 0.2) is 0 Å². The van der Waals surface area contributed by atoms with Crippen molar-refractivity contribution in [1.82, 2.24) is 4.90 Å². The third kappa shape index (κ3) is 2.05. The van der Waals surface area contributed by atoms with E-state index in [1.165, 1.54) is 45.3 Å². The van der Waals surface area contributed by atoms with Crippen LogP contribution in [0.5, 0.6) is 0 Å². The van der Waals surface area contributed by atoms with Gasteiger partial charge in [0.2, 0.25) is 0 Å². The highest BCUT2D eigenvalue weighted by Crippen LogP contribution is 2.37. The molecule has 2 heteroatoms. The van der Waals surface area contributed by atoms with Crippen molar-refractivity contribution in [3.8, 4) is 0 Å². The molecule has 2 rings (SSSR count). The highest BCUT2D eigenvalue weighted by atomic mass is 15.2. The zero-order valence-electron chi connectivity index (χ0n) is 8.71. The molecule has 1 saturated carbocycles. The Kier molecular flexibility index (Phi) is 2.89. The van der Waals surface area contributed by atoms with Crippen LogP contribution in [0.3, 0.4) is 0 Å². The van der Waals surface area contributed by atoms with Crippen molar-refractivity contribution >= 4 is 0 Å². The summed E-state index contributed by atoms with van der Waals surface area (Å²) in [6.45, 7) is 6.25. The van der Waals surface area contributed by atoms with Crippen molar-refractivity contribution in [2.75, 3.05) is 19.6 Å². The highest BCUT2D eigenvalue weighted by molar-refractivity contribution is 4.93. The highest BCUT2D eigenvalue weighted by Gasteiger charge is 2.38. The first-order valence-corrected chi connectivity index (χ1v) is 5.77. The van der Waals surface area contributed by atoms with E-state index in [1.807, 2.05) is 0 Å². The van der Waals surface area contributed by atoms with Crippen LogP contribution in [0.2, 0.25) is 0 Å². The zero-order valence-corrected chi connectivity index (χ0v) is 8.71. The molecule has 1 aliphatic carbocycles.